The first-order valence-corrected chi connectivity index (χ1v) is 2.45. The molecule has 0 aromatic heterocycles. The minimum absolute atomic E-state index is 0.681. The molecule has 0 aromatic rings. The van der Waals surface area contributed by atoms with Crippen LogP contribution < -0.4 is 0 Å². The normalized spacial score (nSPS) is 10.9. The molecule has 0 saturated carbocycles. The van der Waals surface area contributed by atoms with Crippen LogP contribution in [0.1, 0.15) is 13.3 Å². The van der Waals surface area contributed by atoms with E-state index in [1.54, 1.807) is 0 Å². The SMILES string of the molecule is C=N/C=C(/C=O)CC. The van der Waals surface area contributed by atoms with Crippen molar-refractivity contribution in [1.29, 1.82) is 0 Å². The van der Waals surface area contributed by atoms with Gasteiger partial charge in [-0.25, -0.2) is 0 Å². The number of hydrogen-bond acceptors (Lipinski definition) is 2. The molecule has 0 aliphatic carbocycles. The minimum Gasteiger partial charge on any atom is -0.298 e. The maximum absolute atomic E-state index is 9.97. The molecule has 0 unspecified atom stereocenters. The molecule has 0 saturated heterocycles. The first kappa shape index (κ1) is 7.08. The highest BCUT2D eigenvalue weighted by Crippen LogP contribution is 1.93. The molecule has 8 heavy (non-hydrogen) atoms. The lowest BCUT2D eigenvalue weighted by molar-refractivity contribution is -0.105. The summed E-state index contributed by atoms with van der Waals surface area (Å²) < 4.78 is 0. The van der Waals surface area contributed by atoms with Crippen molar-refractivity contribution < 1.29 is 4.79 Å². The summed E-state index contributed by atoms with van der Waals surface area (Å²) in [6.07, 6.45) is 2.98. The van der Waals surface area contributed by atoms with E-state index in [2.05, 4.69) is 11.7 Å². The van der Waals surface area contributed by atoms with Gasteiger partial charge in [0.2, 0.25) is 0 Å². The monoisotopic (exact) mass is 111 g/mol. The van der Waals surface area contributed by atoms with Crippen LogP contribution in [-0.4, -0.2) is 13.0 Å². The quantitative estimate of drug-likeness (QED) is 0.305. The first-order valence-electron chi connectivity index (χ1n) is 2.45. The number of allylic oxidation sites excluding steroid dienone is 1. The predicted octanol–water partition coefficient (Wildman–Crippen LogP) is 1.18. The fourth-order valence-electron chi connectivity index (χ4n) is 0.322. The first-order chi connectivity index (χ1) is 3.85. The maximum Gasteiger partial charge on any atom is 0.147 e. The van der Waals surface area contributed by atoms with Crippen LogP contribution in [-0.2, 0) is 4.79 Å². The van der Waals surface area contributed by atoms with Gasteiger partial charge in [-0.05, 0) is 13.1 Å². The van der Waals surface area contributed by atoms with Crippen LogP contribution in [0.25, 0.3) is 0 Å². The third kappa shape index (κ3) is 2.29. The van der Waals surface area contributed by atoms with Crippen molar-refractivity contribution in [3.05, 3.63) is 11.8 Å². The molecule has 0 aromatic carbocycles. The van der Waals surface area contributed by atoms with Gasteiger partial charge in [0.05, 0.1) is 0 Å². The molecule has 0 heterocycles. The molecule has 0 radical (unpaired) electrons. The summed E-state index contributed by atoms with van der Waals surface area (Å²) in [5.74, 6) is 0. The summed E-state index contributed by atoms with van der Waals surface area (Å²) >= 11 is 0. The number of hydrogen-bond donors (Lipinski definition) is 0. The van der Waals surface area contributed by atoms with Crippen LogP contribution in [0.15, 0.2) is 16.8 Å². The zero-order chi connectivity index (χ0) is 6.41. The van der Waals surface area contributed by atoms with E-state index in [1.165, 1.54) is 6.20 Å². The second-order valence-electron chi connectivity index (χ2n) is 1.36. The molecule has 0 aliphatic rings. The lowest BCUT2D eigenvalue weighted by Crippen LogP contribution is -1.78. The highest BCUT2D eigenvalue weighted by atomic mass is 16.1. The van der Waals surface area contributed by atoms with Crippen LogP contribution >= 0.6 is 0 Å². The predicted molar refractivity (Wildman–Crippen MR) is 34.0 cm³/mol. The molecule has 0 spiro atoms. The van der Waals surface area contributed by atoms with E-state index in [0.29, 0.717) is 5.57 Å². The van der Waals surface area contributed by atoms with Gasteiger partial charge in [0, 0.05) is 11.8 Å². The van der Waals surface area contributed by atoms with E-state index in [-0.39, 0.29) is 0 Å². The lowest BCUT2D eigenvalue weighted by Gasteiger charge is -1.84. The van der Waals surface area contributed by atoms with Crippen molar-refractivity contribution in [2.45, 2.75) is 13.3 Å². The summed E-state index contributed by atoms with van der Waals surface area (Å²) in [7, 11) is 0. The van der Waals surface area contributed by atoms with Gasteiger partial charge in [-0.15, -0.1) is 0 Å². The van der Waals surface area contributed by atoms with E-state index < -0.39 is 0 Å². The zero-order valence-electron chi connectivity index (χ0n) is 4.92. The van der Waals surface area contributed by atoms with Crippen LogP contribution in [0.4, 0.5) is 0 Å². The zero-order valence-corrected chi connectivity index (χ0v) is 4.92. The molecular weight excluding hydrogens is 102 g/mol. The Morgan fingerprint density at radius 2 is 2.50 bits per heavy atom. The Morgan fingerprint density at radius 1 is 1.88 bits per heavy atom. The molecule has 0 rings (SSSR count). The van der Waals surface area contributed by atoms with E-state index in [1.807, 2.05) is 6.92 Å². The molecule has 0 atom stereocenters. The average molecular weight is 111 g/mol. The van der Waals surface area contributed by atoms with Crippen molar-refractivity contribution in [1.82, 2.24) is 0 Å². The number of aliphatic imine (C=N–C) groups is 1. The molecule has 2 nitrogen and oxygen atoms in total. The number of carbonyl (C=O) groups excluding carboxylic acids is 1. The molecule has 0 bridgehead atoms. The van der Waals surface area contributed by atoms with Gasteiger partial charge in [-0.2, -0.15) is 0 Å². The molecule has 0 fully saturated rings. The Hall–Kier alpha value is -0.920. The van der Waals surface area contributed by atoms with Crippen molar-refractivity contribution in [3.63, 3.8) is 0 Å². The Kier molecular flexibility index (Phi) is 3.76. The third-order valence-electron chi connectivity index (χ3n) is 0.817. The lowest BCUT2D eigenvalue weighted by atomic mass is 10.2. The van der Waals surface area contributed by atoms with E-state index in [0.717, 1.165) is 12.7 Å². The summed E-state index contributed by atoms with van der Waals surface area (Å²) in [5.41, 5.74) is 0.681. The summed E-state index contributed by atoms with van der Waals surface area (Å²) in [6.45, 7) is 5.11. The second kappa shape index (κ2) is 4.24. The van der Waals surface area contributed by atoms with E-state index in [9.17, 15) is 4.79 Å². The van der Waals surface area contributed by atoms with Crippen molar-refractivity contribution >= 4 is 13.0 Å². The maximum atomic E-state index is 9.97. The summed E-state index contributed by atoms with van der Waals surface area (Å²) in [5, 5.41) is 0. The Labute approximate surface area is 48.9 Å². The summed E-state index contributed by atoms with van der Waals surface area (Å²) in [6, 6.07) is 0. The van der Waals surface area contributed by atoms with Crippen molar-refractivity contribution in [2.75, 3.05) is 0 Å². The number of nitrogens with zero attached hydrogens (tertiary/aromatic N) is 1. The number of aldehydes is 1. The van der Waals surface area contributed by atoms with Gasteiger partial charge in [-0.3, -0.25) is 9.79 Å². The van der Waals surface area contributed by atoms with Gasteiger partial charge >= 0.3 is 0 Å². The van der Waals surface area contributed by atoms with Gasteiger partial charge in [0.25, 0.3) is 0 Å². The smallest absolute Gasteiger partial charge is 0.147 e. The van der Waals surface area contributed by atoms with Crippen LogP contribution in [0.5, 0.6) is 0 Å². The van der Waals surface area contributed by atoms with Gasteiger partial charge in [-0.1, -0.05) is 6.92 Å². The van der Waals surface area contributed by atoms with E-state index >= 15 is 0 Å². The summed E-state index contributed by atoms with van der Waals surface area (Å²) in [4.78, 5) is 13.4. The average Bonchev–Trinajstić information content (AvgIpc) is 1.83. The largest absolute Gasteiger partial charge is 0.298 e. The molecule has 0 N–H and O–H groups in total. The highest BCUT2D eigenvalue weighted by Gasteiger charge is 1.84. The Bertz CT molecular complexity index is 116. The van der Waals surface area contributed by atoms with Crippen molar-refractivity contribution in [3.8, 4) is 0 Å². The van der Waals surface area contributed by atoms with Crippen LogP contribution in [0.2, 0.25) is 0 Å². The fourth-order valence-corrected chi connectivity index (χ4v) is 0.322. The van der Waals surface area contributed by atoms with Crippen LogP contribution in [0, 0.1) is 0 Å². The Morgan fingerprint density at radius 3 is 2.62 bits per heavy atom. The second-order valence-corrected chi connectivity index (χ2v) is 1.36. The van der Waals surface area contributed by atoms with Gasteiger partial charge < -0.3 is 0 Å². The highest BCUT2D eigenvalue weighted by molar-refractivity contribution is 5.72. The molecular formula is C6H9NO. The fraction of sp³-hybridized carbons (Fsp3) is 0.333. The number of carbonyl (C=O) groups is 1. The molecule has 0 aliphatic heterocycles. The molecule has 0 amide bonds. The standard InChI is InChI=1S/C6H9NO/c1-3-6(5-8)4-7-2/h4-5H,2-3H2,1H3/b6-4+. The molecule has 44 valence electrons. The third-order valence-corrected chi connectivity index (χ3v) is 0.817. The minimum atomic E-state index is 0.681. The van der Waals surface area contributed by atoms with Gasteiger partial charge in [0.15, 0.2) is 0 Å². The van der Waals surface area contributed by atoms with Gasteiger partial charge in [0.1, 0.15) is 6.29 Å². The topological polar surface area (TPSA) is 29.4 Å². The van der Waals surface area contributed by atoms with Crippen molar-refractivity contribution in [2.24, 2.45) is 4.99 Å². The van der Waals surface area contributed by atoms with E-state index in [4.69, 9.17) is 0 Å². The number of rotatable bonds is 3. The molecule has 2 heteroatoms. The Balaban J connectivity index is 3.84. The van der Waals surface area contributed by atoms with Crippen LogP contribution in [0.3, 0.4) is 0 Å².